The summed E-state index contributed by atoms with van der Waals surface area (Å²) in [5.41, 5.74) is 6.80. The minimum atomic E-state index is 0.0109. The Kier molecular flexibility index (Phi) is 3.61. The first kappa shape index (κ1) is 11.9. The van der Waals surface area contributed by atoms with Crippen LogP contribution in [-0.4, -0.2) is 28.9 Å². The van der Waals surface area contributed by atoms with Gasteiger partial charge in [-0.15, -0.1) is 0 Å². The van der Waals surface area contributed by atoms with E-state index in [1.165, 1.54) is 25.5 Å². The minimum absolute atomic E-state index is 0.0109. The van der Waals surface area contributed by atoms with Crippen molar-refractivity contribution in [2.75, 3.05) is 12.8 Å². The number of carbonyl (C=O) groups excluding carboxylic acids is 1. The average molecular weight is 233 g/mol. The Morgan fingerprint density at radius 1 is 1.41 bits per heavy atom. The summed E-state index contributed by atoms with van der Waals surface area (Å²) in [6.07, 6.45) is 9.07. The van der Waals surface area contributed by atoms with Crippen LogP contribution >= 0.6 is 0 Å². The van der Waals surface area contributed by atoms with Crippen LogP contribution in [0.25, 0.3) is 0 Å². The Hall–Kier alpha value is -1.58. The number of nitrogen functional groups attached to an aromatic ring is 1. The summed E-state index contributed by atoms with van der Waals surface area (Å²) < 4.78 is 0. The van der Waals surface area contributed by atoms with Crippen molar-refractivity contribution in [2.45, 2.75) is 38.1 Å². The third-order valence-electron chi connectivity index (χ3n) is 3.53. The molecule has 0 bridgehead atoms. The molecule has 4 heteroatoms. The Balaban J connectivity index is 2.11. The highest BCUT2D eigenvalue weighted by molar-refractivity contribution is 5.98. The molecule has 1 aliphatic carbocycles. The van der Waals surface area contributed by atoms with Crippen LogP contribution in [0.3, 0.4) is 0 Å². The fraction of sp³-hybridized carbons (Fsp3) is 0.538. The number of amides is 1. The van der Waals surface area contributed by atoms with Gasteiger partial charge in [0.1, 0.15) is 0 Å². The van der Waals surface area contributed by atoms with E-state index in [2.05, 4.69) is 4.98 Å². The molecule has 1 aromatic heterocycles. The standard InChI is InChI=1S/C13H19N3O/c1-16(10-5-3-2-4-6-10)13(17)11-7-8-15-9-12(11)14/h7-10H,2-6,14H2,1H3. The Bertz CT molecular complexity index is 399. The molecule has 0 unspecified atom stereocenters. The van der Waals surface area contributed by atoms with E-state index in [-0.39, 0.29) is 5.91 Å². The second-order valence-electron chi connectivity index (χ2n) is 4.67. The van der Waals surface area contributed by atoms with Crippen molar-refractivity contribution in [3.63, 3.8) is 0 Å². The van der Waals surface area contributed by atoms with E-state index in [0.717, 1.165) is 12.8 Å². The van der Waals surface area contributed by atoms with Gasteiger partial charge >= 0.3 is 0 Å². The van der Waals surface area contributed by atoms with Gasteiger partial charge in [0, 0.05) is 19.3 Å². The quantitative estimate of drug-likeness (QED) is 0.850. The van der Waals surface area contributed by atoms with E-state index >= 15 is 0 Å². The molecule has 2 N–H and O–H groups in total. The van der Waals surface area contributed by atoms with Crippen LogP contribution in [-0.2, 0) is 0 Å². The molecular weight excluding hydrogens is 214 g/mol. The largest absolute Gasteiger partial charge is 0.397 e. The number of nitrogens with two attached hydrogens (primary N) is 1. The number of rotatable bonds is 2. The van der Waals surface area contributed by atoms with E-state index < -0.39 is 0 Å². The Morgan fingerprint density at radius 2 is 2.12 bits per heavy atom. The smallest absolute Gasteiger partial charge is 0.256 e. The molecule has 1 aliphatic rings. The third-order valence-corrected chi connectivity index (χ3v) is 3.53. The number of nitrogens with zero attached hydrogens (tertiary/aromatic N) is 2. The molecule has 4 nitrogen and oxygen atoms in total. The van der Waals surface area contributed by atoms with E-state index in [1.807, 2.05) is 11.9 Å². The zero-order valence-electron chi connectivity index (χ0n) is 10.2. The lowest BCUT2D eigenvalue weighted by Gasteiger charge is -2.31. The molecule has 1 fully saturated rings. The van der Waals surface area contributed by atoms with Crippen molar-refractivity contribution in [1.29, 1.82) is 0 Å². The summed E-state index contributed by atoms with van der Waals surface area (Å²) in [4.78, 5) is 18.0. The highest BCUT2D eigenvalue weighted by Crippen LogP contribution is 2.23. The predicted molar refractivity (Wildman–Crippen MR) is 67.6 cm³/mol. The topological polar surface area (TPSA) is 59.2 Å². The number of hydrogen-bond acceptors (Lipinski definition) is 3. The maximum atomic E-state index is 12.3. The normalized spacial score (nSPS) is 16.8. The highest BCUT2D eigenvalue weighted by atomic mass is 16.2. The lowest BCUT2D eigenvalue weighted by molar-refractivity contribution is 0.0697. The van der Waals surface area contributed by atoms with Crippen molar-refractivity contribution in [3.8, 4) is 0 Å². The highest BCUT2D eigenvalue weighted by Gasteiger charge is 2.23. The van der Waals surface area contributed by atoms with Gasteiger partial charge < -0.3 is 10.6 Å². The first-order valence-corrected chi connectivity index (χ1v) is 6.17. The SMILES string of the molecule is CN(C(=O)c1ccncc1N)C1CCCCC1. The van der Waals surface area contributed by atoms with Crippen LogP contribution in [0.15, 0.2) is 18.5 Å². The third kappa shape index (κ3) is 2.57. The van der Waals surface area contributed by atoms with Crippen molar-refractivity contribution >= 4 is 11.6 Å². The minimum Gasteiger partial charge on any atom is -0.397 e. The number of aromatic nitrogens is 1. The van der Waals surface area contributed by atoms with Gasteiger partial charge in [-0.05, 0) is 18.9 Å². The van der Waals surface area contributed by atoms with Gasteiger partial charge in [0.15, 0.2) is 0 Å². The molecule has 0 spiro atoms. The van der Waals surface area contributed by atoms with E-state index in [4.69, 9.17) is 5.73 Å². The number of pyridine rings is 1. The summed E-state index contributed by atoms with van der Waals surface area (Å²) in [5, 5.41) is 0. The van der Waals surface area contributed by atoms with Gasteiger partial charge in [-0.25, -0.2) is 0 Å². The summed E-state index contributed by atoms with van der Waals surface area (Å²) >= 11 is 0. The zero-order valence-corrected chi connectivity index (χ0v) is 10.2. The molecule has 0 saturated heterocycles. The lowest BCUT2D eigenvalue weighted by Crippen LogP contribution is -2.38. The number of hydrogen-bond donors (Lipinski definition) is 1. The monoisotopic (exact) mass is 233 g/mol. The summed E-state index contributed by atoms with van der Waals surface area (Å²) in [6, 6.07) is 2.06. The molecule has 0 atom stereocenters. The van der Waals surface area contributed by atoms with E-state index in [9.17, 15) is 4.79 Å². The molecule has 0 radical (unpaired) electrons. The number of anilines is 1. The maximum Gasteiger partial charge on any atom is 0.256 e. The fourth-order valence-electron chi connectivity index (χ4n) is 2.43. The molecule has 17 heavy (non-hydrogen) atoms. The van der Waals surface area contributed by atoms with Crippen LogP contribution in [0.4, 0.5) is 5.69 Å². The van der Waals surface area contributed by atoms with Gasteiger partial charge in [0.25, 0.3) is 5.91 Å². The molecule has 1 heterocycles. The fourth-order valence-corrected chi connectivity index (χ4v) is 2.43. The summed E-state index contributed by atoms with van der Waals surface area (Å²) in [7, 11) is 1.87. The van der Waals surface area contributed by atoms with Gasteiger partial charge in [0.2, 0.25) is 0 Å². The Labute approximate surface area is 102 Å². The predicted octanol–water partition coefficient (Wildman–Crippen LogP) is 2.07. The van der Waals surface area contributed by atoms with Gasteiger partial charge in [0.05, 0.1) is 17.4 Å². The van der Waals surface area contributed by atoms with Crippen molar-refractivity contribution in [2.24, 2.45) is 0 Å². The maximum absolute atomic E-state index is 12.3. The van der Waals surface area contributed by atoms with E-state index in [0.29, 0.717) is 17.3 Å². The van der Waals surface area contributed by atoms with Crippen molar-refractivity contribution in [3.05, 3.63) is 24.0 Å². The van der Waals surface area contributed by atoms with Crippen LogP contribution in [0.2, 0.25) is 0 Å². The van der Waals surface area contributed by atoms with Gasteiger partial charge in [-0.2, -0.15) is 0 Å². The molecule has 1 saturated carbocycles. The summed E-state index contributed by atoms with van der Waals surface area (Å²) in [5.74, 6) is 0.0109. The molecular formula is C13H19N3O. The first-order valence-electron chi connectivity index (χ1n) is 6.17. The first-order chi connectivity index (χ1) is 8.20. The van der Waals surface area contributed by atoms with Crippen LogP contribution in [0.1, 0.15) is 42.5 Å². The van der Waals surface area contributed by atoms with Crippen molar-refractivity contribution < 1.29 is 4.79 Å². The second-order valence-corrected chi connectivity index (χ2v) is 4.67. The number of carbonyl (C=O) groups is 1. The molecule has 92 valence electrons. The molecule has 0 aromatic carbocycles. The molecule has 1 aromatic rings. The van der Waals surface area contributed by atoms with Crippen molar-refractivity contribution in [1.82, 2.24) is 9.88 Å². The van der Waals surface area contributed by atoms with Crippen LogP contribution < -0.4 is 5.73 Å². The molecule has 1 amide bonds. The van der Waals surface area contributed by atoms with Gasteiger partial charge in [-0.3, -0.25) is 9.78 Å². The summed E-state index contributed by atoms with van der Waals surface area (Å²) in [6.45, 7) is 0. The Morgan fingerprint density at radius 3 is 2.76 bits per heavy atom. The van der Waals surface area contributed by atoms with Crippen LogP contribution in [0.5, 0.6) is 0 Å². The average Bonchev–Trinajstić information content (AvgIpc) is 2.39. The van der Waals surface area contributed by atoms with E-state index in [1.54, 1.807) is 12.3 Å². The molecule has 0 aliphatic heterocycles. The lowest BCUT2D eigenvalue weighted by atomic mass is 9.94. The zero-order chi connectivity index (χ0) is 12.3. The molecule has 2 rings (SSSR count). The van der Waals surface area contributed by atoms with Crippen LogP contribution in [0, 0.1) is 0 Å². The second kappa shape index (κ2) is 5.17. The van der Waals surface area contributed by atoms with Gasteiger partial charge in [-0.1, -0.05) is 19.3 Å².